The lowest BCUT2D eigenvalue weighted by atomic mass is 9.74. The molecule has 270 valence electrons. The SMILES string of the molecule is CC(C)(C)c1cc(C(O)(c2ccccc2)c2ccc(C(O)(c3ccccc3)c3cc(C(C)(C)C)c(O)c(C(C)(C)C)c3)o2)cc(C(C)(C)C)c1O. The van der Waals surface area contributed by atoms with Gasteiger partial charge in [-0.25, -0.2) is 0 Å². The predicted octanol–water partition coefficient (Wildman–Crippen LogP) is 10.4. The van der Waals surface area contributed by atoms with Gasteiger partial charge in [0, 0.05) is 0 Å². The van der Waals surface area contributed by atoms with Crippen molar-refractivity contribution >= 4 is 0 Å². The minimum absolute atomic E-state index is 0.212. The summed E-state index contributed by atoms with van der Waals surface area (Å²) in [7, 11) is 0. The molecule has 4 aromatic carbocycles. The van der Waals surface area contributed by atoms with Gasteiger partial charge in [-0.3, -0.25) is 0 Å². The van der Waals surface area contributed by atoms with E-state index >= 15 is 0 Å². The van der Waals surface area contributed by atoms with Crippen LogP contribution in [0.25, 0.3) is 0 Å². The van der Waals surface area contributed by atoms with Crippen molar-refractivity contribution in [3.8, 4) is 11.5 Å². The molecule has 1 aromatic heterocycles. The van der Waals surface area contributed by atoms with Gasteiger partial charge in [-0.2, -0.15) is 0 Å². The molecule has 0 aliphatic heterocycles. The van der Waals surface area contributed by atoms with Crippen LogP contribution in [0, 0.1) is 0 Å². The number of aromatic hydroxyl groups is 2. The van der Waals surface area contributed by atoms with Crippen LogP contribution in [0.2, 0.25) is 0 Å². The van der Waals surface area contributed by atoms with E-state index < -0.39 is 32.9 Å². The highest BCUT2D eigenvalue weighted by Gasteiger charge is 2.44. The summed E-state index contributed by atoms with van der Waals surface area (Å²) in [5, 5.41) is 49.5. The Labute approximate surface area is 304 Å². The zero-order chi connectivity index (χ0) is 37.9. The van der Waals surface area contributed by atoms with Crippen molar-refractivity contribution in [2.45, 2.75) is 116 Å². The van der Waals surface area contributed by atoms with Crippen LogP contribution in [0.3, 0.4) is 0 Å². The lowest BCUT2D eigenvalue weighted by Gasteiger charge is -2.34. The molecule has 0 amide bonds. The Morgan fingerprint density at radius 2 is 0.627 bits per heavy atom. The number of phenolic OH excluding ortho intramolecular Hbond substituents is 2. The number of hydrogen-bond donors (Lipinski definition) is 4. The first kappa shape index (κ1) is 37.9. The smallest absolute Gasteiger partial charge is 0.173 e. The summed E-state index contributed by atoms with van der Waals surface area (Å²) in [6.07, 6.45) is 0. The molecule has 0 aliphatic rings. The second kappa shape index (κ2) is 12.7. The molecule has 2 atom stereocenters. The molecule has 5 aromatic rings. The first-order valence-corrected chi connectivity index (χ1v) is 17.8. The number of benzene rings is 4. The maximum atomic E-state index is 13.2. The fourth-order valence-corrected chi connectivity index (χ4v) is 6.96. The molecule has 5 rings (SSSR count). The van der Waals surface area contributed by atoms with Gasteiger partial charge in [-0.15, -0.1) is 0 Å². The Hall–Kier alpha value is -4.32. The number of hydrogen-bond acceptors (Lipinski definition) is 5. The molecular weight excluding hydrogens is 633 g/mol. The van der Waals surface area contributed by atoms with Crippen molar-refractivity contribution in [1.29, 1.82) is 0 Å². The van der Waals surface area contributed by atoms with Crippen molar-refractivity contribution < 1.29 is 24.8 Å². The van der Waals surface area contributed by atoms with Crippen LogP contribution < -0.4 is 0 Å². The van der Waals surface area contributed by atoms with Crippen LogP contribution in [-0.2, 0) is 32.9 Å². The second-order valence-corrected chi connectivity index (χ2v) is 18.2. The molecule has 5 nitrogen and oxygen atoms in total. The highest BCUT2D eigenvalue weighted by Crippen LogP contribution is 2.49. The number of aliphatic hydroxyl groups is 2. The van der Waals surface area contributed by atoms with E-state index in [1.54, 1.807) is 12.1 Å². The Morgan fingerprint density at radius 3 is 0.863 bits per heavy atom. The van der Waals surface area contributed by atoms with Crippen LogP contribution >= 0.6 is 0 Å². The van der Waals surface area contributed by atoms with Gasteiger partial charge in [-0.05, 0) is 103 Å². The summed E-state index contributed by atoms with van der Waals surface area (Å²) >= 11 is 0. The lowest BCUT2D eigenvalue weighted by Crippen LogP contribution is -2.32. The molecule has 5 heteroatoms. The van der Waals surface area contributed by atoms with Crippen molar-refractivity contribution in [2.75, 3.05) is 0 Å². The highest BCUT2D eigenvalue weighted by atomic mass is 16.4. The maximum Gasteiger partial charge on any atom is 0.173 e. The molecule has 2 unspecified atom stereocenters. The predicted molar refractivity (Wildman–Crippen MR) is 207 cm³/mol. The average molecular weight is 689 g/mol. The summed E-state index contributed by atoms with van der Waals surface area (Å²) in [5.74, 6) is 0.859. The minimum Gasteiger partial charge on any atom is -0.507 e. The molecule has 0 bridgehead atoms. The van der Waals surface area contributed by atoms with Gasteiger partial charge >= 0.3 is 0 Å². The summed E-state index contributed by atoms with van der Waals surface area (Å²) < 4.78 is 6.77. The van der Waals surface area contributed by atoms with Crippen LogP contribution in [0.15, 0.2) is 101 Å². The fraction of sp³-hybridized carbons (Fsp3) is 0.391. The Kier molecular flexibility index (Phi) is 9.46. The number of phenols is 2. The van der Waals surface area contributed by atoms with Gasteiger partial charge in [0.1, 0.15) is 23.0 Å². The molecular formula is C46H56O5. The van der Waals surface area contributed by atoms with Crippen molar-refractivity contribution in [1.82, 2.24) is 0 Å². The molecule has 0 fully saturated rings. The van der Waals surface area contributed by atoms with Crippen LogP contribution in [0.1, 0.15) is 139 Å². The Bertz CT molecular complexity index is 1800. The van der Waals surface area contributed by atoms with Gasteiger partial charge in [0.15, 0.2) is 11.2 Å². The third-order valence-corrected chi connectivity index (χ3v) is 9.99. The molecule has 0 radical (unpaired) electrons. The van der Waals surface area contributed by atoms with Crippen LogP contribution in [-0.4, -0.2) is 20.4 Å². The van der Waals surface area contributed by atoms with E-state index in [9.17, 15) is 20.4 Å². The van der Waals surface area contributed by atoms with Crippen LogP contribution in [0.5, 0.6) is 11.5 Å². The Balaban J connectivity index is 1.86. The van der Waals surface area contributed by atoms with E-state index in [0.717, 1.165) is 0 Å². The first-order valence-electron chi connectivity index (χ1n) is 17.8. The highest BCUT2D eigenvalue weighted by molar-refractivity contribution is 5.57. The van der Waals surface area contributed by atoms with E-state index in [2.05, 4.69) is 0 Å². The largest absolute Gasteiger partial charge is 0.507 e. The zero-order valence-corrected chi connectivity index (χ0v) is 32.4. The van der Waals surface area contributed by atoms with E-state index in [-0.39, 0.29) is 23.0 Å². The normalized spacial score (nSPS) is 15.3. The van der Waals surface area contributed by atoms with Crippen LogP contribution in [0.4, 0.5) is 0 Å². The first-order chi connectivity index (χ1) is 23.4. The summed E-state index contributed by atoms with van der Waals surface area (Å²) in [4.78, 5) is 0. The second-order valence-electron chi connectivity index (χ2n) is 18.2. The van der Waals surface area contributed by atoms with Crippen molar-refractivity contribution in [3.63, 3.8) is 0 Å². The van der Waals surface area contributed by atoms with Gasteiger partial charge in [0.25, 0.3) is 0 Å². The maximum absolute atomic E-state index is 13.2. The topological polar surface area (TPSA) is 94.1 Å². The van der Waals surface area contributed by atoms with Crippen molar-refractivity contribution in [3.05, 3.63) is 153 Å². The molecule has 51 heavy (non-hydrogen) atoms. The summed E-state index contributed by atoms with van der Waals surface area (Å²) in [6, 6.07) is 29.7. The standard InChI is InChI=1S/C46H56O5/c1-41(2,3)33-25-31(26-34(39(33)47)42(4,5)6)45(49,29-19-15-13-16-20-29)37-23-24-38(51-37)46(50,30-21-17-14-18-22-30)32-27-35(43(7,8)9)40(48)36(28-32)44(10,11)12/h13-28,47-50H,1-12H3. The van der Waals surface area contributed by atoms with E-state index in [4.69, 9.17) is 4.42 Å². The van der Waals surface area contributed by atoms with Gasteiger partial charge < -0.3 is 24.8 Å². The molecule has 0 spiro atoms. The summed E-state index contributed by atoms with van der Waals surface area (Å²) in [5.41, 5.74) is -0.269. The molecule has 0 saturated heterocycles. The Morgan fingerprint density at radius 1 is 0.373 bits per heavy atom. The van der Waals surface area contributed by atoms with E-state index in [1.165, 1.54) is 0 Å². The third kappa shape index (κ3) is 6.86. The lowest BCUT2D eigenvalue weighted by molar-refractivity contribution is 0.0712. The molecule has 1 heterocycles. The minimum atomic E-state index is -1.80. The van der Waals surface area contributed by atoms with Gasteiger partial charge in [0.2, 0.25) is 0 Å². The molecule has 4 N–H and O–H groups in total. The zero-order valence-electron chi connectivity index (χ0n) is 32.4. The third-order valence-electron chi connectivity index (χ3n) is 9.99. The molecule has 0 aliphatic carbocycles. The van der Waals surface area contributed by atoms with Gasteiger partial charge in [-0.1, -0.05) is 144 Å². The quantitative estimate of drug-likeness (QED) is 0.142. The number of rotatable bonds is 6. The molecule has 0 saturated carbocycles. The monoisotopic (exact) mass is 688 g/mol. The van der Waals surface area contributed by atoms with E-state index in [1.807, 2.05) is 168 Å². The van der Waals surface area contributed by atoms with E-state index in [0.29, 0.717) is 44.5 Å². The summed E-state index contributed by atoms with van der Waals surface area (Å²) in [6.45, 7) is 24.5. The average Bonchev–Trinajstić information content (AvgIpc) is 3.54. The van der Waals surface area contributed by atoms with Crippen molar-refractivity contribution in [2.24, 2.45) is 0 Å². The fourth-order valence-electron chi connectivity index (χ4n) is 6.96. The number of furan rings is 1. The van der Waals surface area contributed by atoms with Gasteiger partial charge in [0.05, 0.1) is 0 Å².